The van der Waals surface area contributed by atoms with Gasteiger partial charge in [0, 0.05) is 24.3 Å². The predicted molar refractivity (Wildman–Crippen MR) is 72.8 cm³/mol. The monoisotopic (exact) mass is 264 g/mol. The highest BCUT2D eigenvalue weighted by molar-refractivity contribution is 6.30. The fourth-order valence-corrected chi connectivity index (χ4v) is 2.48. The van der Waals surface area contributed by atoms with Gasteiger partial charge in [0.2, 0.25) is 0 Å². The number of ether oxygens (including phenoxy) is 1. The van der Waals surface area contributed by atoms with Gasteiger partial charge in [0.1, 0.15) is 6.07 Å². The van der Waals surface area contributed by atoms with E-state index in [9.17, 15) is 0 Å². The summed E-state index contributed by atoms with van der Waals surface area (Å²) >= 11 is 5.97. The second-order valence-corrected chi connectivity index (χ2v) is 5.12. The molecule has 0 amide bonds. The maximum absolute atomic E-state index is 9.08. The second-order valence-electron chi connectivity index (χ2n) is 4.68. The molecule has 1 heterocycles. The van der Waals surface area contributed by atoms with Crippen molar-refractivity contribution in [3.8, 4) is 6.07 Å². The number of nitrogens with one attached hydrogen (secondary N) is 1. The summed E-state index contributed by atoms with van der Waals surface area (Å²) in [6.07, 6.45) is 2.13. The van der Waals surface area contributed by atoms with E-state index in [0.717, 1.165) is 31.7 Å². The van der Waals surface area contributed by atoms with E-state index in [4.69, 9.17) is 21.6 Å². The Morgan fingerprint density at radius 3 is 2.83 bits per heavy atom. The summed E-state index contributed by atoms with van der Waals surface area (Å²) < 4.78 is 5.36. The molecule has 0 saturated carbocycles. The molecule has 0 spiro atoms. The van der Waals surface area contributed by atoms with Gasteiger partial charge >= 0.3 is 0 Å². The molecule has 2 rings (SSSR count). The van der Waals surface area contributed by atoms with Gasteiger partial charge in [0.25, 0.3) is 0 Å². The van der Waals surface area contributed by atoms with Crippen molar-refractivity contribution < 1.29 is 4.74 Å². The van der Waals surface area contributed by atoms with Crippen molar-refractivity contribution >= 4 is 17.3 Å². The Kier molecular flexibility index (Phi) is 4.46. The van der Waals surface area contributed by atoms with Crippen molar-refractivity contribution in [2.24, 2.45) is 5.92 Å². The van der Waals surface area contributed by atoms with Gasteiger partial charge in [-0.1, -0.05) is 11.6 Å². The van der Waals surface area contributed by atoms with Crippen LogP contribution in [0.3, 0.4) is 0 Å². The number of benzene rings is 1. The van der Waals surface area contributed by atoms with Crippen molar-refractivity contribution in [2.75, 3.05) is 18.5 Å². The summed E-state index contributed by atoms with van der Waals surface area (Å²) in [5, 5.41) is 13.1. The van der Waals surface area contributed by atoms with E-state index < -0.39 is 0 Å². The van der Waals surface area contributed by atoms with E-state index in [1.54, 1.807) is 12.1 Å². The van der Waals surface area contributed by atoms with E-state index >= 15 is 0 Å². The summed E-state index contributed by atoms with van der Waals surface area (Å²) in [6.45, 7) is 3.81. The number of nitrogens with zero attached hydrogens (tertiary/aromatic N) is 1. The first kappa shape index (κ1) is 13.2. The van der Waals surface area contributed by atoms with Crippen LogP contribution in [0.2, 0.25) is 5.02 Å². The molecule has 1 atom stereocenters. The van der Waals surface area contributed by atoms with Gasteiger partial charge < -0.3 is 10.1 Å². The Bertz CT molecular complexity index is 450. The molecule has 0 aromatic heterocycles. The molecule has 0 radical (unpaired) electrons. The average molecular weight is 265 g/mol. The third-order valence-corrected chi connectivity index (χ3v) is 3.69. The summed E-state index contributed by atoms with van der Waals surface area (Å²) in [4.78, 5) is 0. The van der Waals surface area contributed by atoms with Crippen LogP contribution in [0.15, 0.2) is 18.2 Å². The van der Waals surface area contributed by atoms with Crippen LogP contribution in [0.5, 0.6) is 0 Å². The molecule has 1 aliphatic heterocycles. The van der Waals surface area contributed by atoms with Crippen LogP contribution < -0.4 is 5.32 Å². The van der Waals surface area contributed by atoms with Gasteiger partial charge in [0.15, 0.2) is 0 Å². The Hall–Kier alpha value is -1.24. The maximum atomic E-state index is 9.08. The van der Waals surface area contributed by atoms with E-state index in [0.29, 0.717) is 22.5 Å². The molecule has 1 aromatic rings. The molecule has 96 valence electrons. The molecular weight excluding hydrogens is 248 g/mol. The molecule has 3 nitrogen and oxygen atoms in total. The molecule has 1 unspecified atom stereocenters. The third kappa shape index (κ3) is 3.16. The average Bonchev–Trinajstić information content (AvgIpc) is 2.40. The highest BCUT2D eigenvalue weighted by Crippen LogP contribution is 2.25. The predicted octanol–water partition coefficient (Wildman–Crippen LogP) is 3.44. The Morgan fingerprint density at radius 2 is 2.17 bits per heavy atom. The molecule has 1 saturated heterocycles. The zero-order valence-corrected chi connectivity index (χ0v) is 11.2. The number of anilines is 1. The molecule has 4 heteroatoms. The molecular formula is C14H17ClN2O. The van der Waals surface area contributed by atoms with Crippen molar-refractivity contribution in [3.05, 3.63) is 28.8 Å². The zero-order chi connectivity index (χ0) is 13.0. The van der Waals surface area contributed by atoms with Gasteiger partial charge in [-0.2, -0.15) is 5.26 Å². The summed E-state index contributed by atoms with van der Waals surface area (Å²) in [5.41, 5.74) is 1.46. The largest absolute Gasteiger partial charge is 0.381 e. The third-order valence-electron chi connectivity index (χ3n) is 3.46. The quantitative estimate of drug-likeness (QED) is 0.910. The number of rotatable bonds is 3. The lowest BCUT2D eigenvalue weighted by molar-refractivity contribution is 0.0622. The number of hydrogen-bond acceptors (Lipinski definition) is 3. The molecule has 0 bridgehead atoms. The Balaban J connectivity index is 2.08. The van der Waals surface area contributed by atoms with Crippen LogP contribution in [-0.2, 0) is 4.74 Å². The number of hydrogen-bond donors (Lipinski definition) is 1. The molecule has 1 N–H and O–H groups in total. The van der Waals surface area contributed by atoms with Gasteiger partial charge in [-0.05, 0) is 43.9 Å². The van der Waals surface area contributed by atoms with Crippen LogP contribution in [-0.4, -0.2) is 19.3 Å². The maximum Gasteiger partial charge on any atom is 0.101 e. The first-order chi connectivity index (χ1) is 8.70. The standard InChI is InChI=1S/C14H17ClN2O/c1-10(11-4-6-18-7-5-11)17-14-8-13(15)3-2-12(14)9-16/h2-3,8,10-11,17H,4-7H2,1H3. The second kappa shape index (κ2) is 6.08. The fraction of sp³-hybridized carbons (Fsp3) is 0.500. The molecule has 0 aliphatic carbocycles. The number of halogens is 1. The highest BCUT2D eigenvalue weighted by atomic mass is 35.5. The molecule has 18 heavy (non-hydrogen) atoms. The van der Waals surface area contributed by atoms with Gasteiger partial charge in [-0.15, -0.1) is 0 Å². The van der Waals surface area contributed by atoms with Crippen LogP contribution in [0.1, 0.15) is 25.3 Å². The van der Waals surface area contributed by atoms with Crippen molar-refractivity contribution in [1.82, 2.24) is 0 Å². The fourth-order valence-electron chi connectivity index (χ4n) is 2.31. The van der Waals surface area contributed by atoms with Gasteiger partial charge in [0.05, 0.1) is 11.3 Å². The van der Waals surface area contributed by atoms with Crippen molar-refractivity contribution in [3.63, 3.8) is 0 Å². The highest BCUT2D eigenvalue weighted by Gasteiger charge is 2.21. The van der Waals surface area contributed by atoms with Crippen LogP contribution in [0.4, 0.5) is 5.69 Å². The van der Waals surface area contributed by atoms with E-state index in [1.165, 1.54) is 0 Å². The van der Waals surface area contributed by atoms with Crippen molar-refractivity contribution in [1.29, 1.82) is 5.26 Å². The number of nitriles is 1. The van der Waals surface area contributed by atoms with E-state index in [1.807, 2.05) is 6.07 Å². The first-order valence-corrected chi connectivity index (χ1v) is 6.62. The summed E-state index contributed by atoms with van der Waals surface area (Å²) in [5.74, 6) is 0.587. The topological polar surface area (TPSA) is 45.0 Å². The normalized spacial score (nSPS) is 18.1. The van der Waals surface area contributed by atoms with Gasteiger partial charge in [-0.25, -0.2) is 0 Å². The summed E-state index contributed by atoms with van der Waals surface area (Å²) in [7, 11) is 0. The summed E-state index contributed by atoms with van der Waals surface area (Å²) in [6, 6.07) is 7.81. The molecule has 1 fully saturated rings. The lowest BCUT2D eigenvalue weighted by Gasteiger charge is -2.29. The lowest BCUT2D eigenvalue weighted by Crippen LogP contribution is -2.31. The lowest BCUT2D eigenvalue weighted by atomic mass is 9.92. The van der Waals surface area contributed by atoms with Crippen LogP contribution in [0, 0.1) is 17.2 Å². The Morgan fingerprint density at radius 1 is 1.44 bits per heavy atom. The smallest absolute Gasteiger partial charge is 0.101 e. The van der Waals surface area contributed by atoms with Crippen molar-refractivity contribution in [2.45, 2.75) is 25.8 Å². The van der Waals surface area contributed by atoms with E-state index in [2.05, 4.69) is 18.3 Å². The van der Waals surface area contributed by atoms with E-state index in [-0.39, 0.29) is 0 Å². The van der Waals surface area contributed by atoms with Crippen LogP contribution in [0.25, 0.3) is 0 Å². The molecule has 1 aromatic carbocycles. The first-order valence-electron chi connectivity index (χ1n) is 6.24. The van der Waals surface area contributed by atoms with Gasteiger partial charge in [-0.3, -0.25) is 0 Å². The zero-order valence-electron chi connectivity index (χ0n) is 10.4. The minimum atomic E-state index is 0.319. The SMILES string of the molecule is CC(Nc1cc(Cl)ccc1C#N)C1CCOCC1. The van der Waals surface area contributed by atoms with Crippen LogP contribution >= 0.6 is 11.6 Å². The Labute approximate surface area is 113 Å². The minimum Gasteiger partial charge on any atom is -0.381 e. The minimum absolute atomic E-state index is 0.319. The molecule has 1 aliphatic rings.